The molecule has 1 amide bonds. The van der Waals surface area contributed by atoms with E-state index in [1.54, 1.807) is 24.0 Å². The Balaban J connectivity index is 2.83. The Kier molecular flexibility index (Phi) is 5.65. The van der Waals surface area contributed by atoms with Crippen LogP contribution in [0.15, 0.2) is 18.2 Å². The minimum absolute atomic E-state index is 0.0483. The summed E-state index contributed by atoms with van der Waals surface area (Å²) in [5.74, 6) is -0.0203. The number of aliphatic hydroxyl groups is 1. The standard InChI is InChI=1S/C14H21NO3/c1-3-4-7-15(8-9-16)14(18)12-6-5-11(2)13(17)10-12/h5-6,10,16-17H,3-4,7-9H2,1-2H3. The lowest BCUT2D eigenvalue weighted by Crippen LogP contribution is -2.34. The molecule has 1 aromatic carbocycles. The van der Waals surface area contributed by atoms with Crippen molar-refractivity contribution in [2.75, 3.05) is 19.7 Å². The highest BCUT2D eigenvalue weighted by atomic mass is 16.3. The number of carbonyl (C=O) groups is 1. The first kappa shape index (κ1) is 14.5. The lowest BCUT2D eigenvalue weighted by atomic mass is 10.1. The predicted octanol–water partition coefficient (Wildman–Crippen LogP) is 1.94. The van der Waals surface area contributed by atoms with E-state index in [0.717, 1.165) is 18.4 Å². The number of aromatic hydroxyl groups is 1. The van der Waals surface area contributed by atoms with Crippen molar-refractivity contribution in [1.29, 1.82) is 0 Å². The zero-order valence-electron chi connectivity index (χ0n) is 11.0. The van der Waals surface area contributed by atoms with Gasteiger partial charge in [0.1, 0.15) is 5.75 Å². The summed E-state index contributed by atoms with van der Waals surface area (Å²) in [5, 5.41) is 18.6. The van der Waals surface area contributed by atoms with Gasteiger partial charge in [-0.05, 0) is 31.0 Å². The van der Waals surface area contributed by atoms with Crippen molar-refractivity contribution in [3.8, 4) is 5.75 Å². The minimum atomic E-state index is -0.146. The number of aryl methyl sites for hydroxylation is 1. The number of unbranched alkanes of at least 4 members (excludes halogenated alkanes) is 1. The predicted molar refractivity (Wildman–Crippen MR) is 70.7 cm³/mol. The Morgan fingerprint density at radius 2 is 2.06 bits per heavy atom. The molecule has 0 aliphatic carbocycles. The number of hydrogen-bond acceptors (Lipinski definition) is 3. The van der Waals surface area contributed by atoms with Gasteiger partial charge in [-0.2, -0.15) is 0 Å². The van der Waals surface area contributed by atoms with Crippen molar-refractivity contribution in [2.45, 2.75) is 26.7 Å². The summed E-state index contributed by atoms with van der Waals surface area (Å²) >= 11 is 0. The smallest absolute Gasteiger partial charge is 0.254 e. The molecule has 1 rings (SSSR count). The maximum Gasteiger partial charge on any atom is 0.254 e. The van der Waals surface area contributed by atoms with E-state index in [0.29, 0.717) is 18.7 Å². The topological polar surface area (TPSA) is 60.8 Å². The zero-order valence-corrected chi connectivity index (χ0v) is 11.0. The highest BCUT2D eigenvalue weighted by Gasteiger charge is 2.15. The van der Waals surface area contributed by atoms with Crippen LogP contribution in [-0.4, -0.2) is 40.7 Å². The van der Waals surface area contributed by atoms with Gasteiger partial charge in [0.25, 0.3) is 5.91 Å². The van der Waals surface area contributed by atoms with Crippen molar-refractivity contribution >= 4 is 5.91 Å². The third-order valence-corrected chi connectivity index (χ3v) is 2.89. The molecule has 0 heterocycles. The molecular weight excluding hydrogens is 230 g/mol. The van der Waals surface area contributed by atoms with Crippen LogP contribution in [0.1, 0.15) is 35.7 Å². The number of hydrogen-bond donors (Lipinski definition) is 2. The minimum Gasteiger partial charge on any atom is -0.508 e. The van der Waals surface area contributed by atoms with Crippen molar-refractivity contribution in [1.82, 2.24) is 4.90 Å². The largest absolute Gasteiger partial charge is 0.508 e. The van der Waals surface area contributed by atoms with Crippen LogP contribution in [0.5, 0.6) is 5.75 Å². The number of phenols is 1. The van der Waals surface area contributed by atoms with Crippen molar-refractivity contribution in [2.24, 2.45) is 0 Å². The number of rotatable bonds is 6. The van der Waals surface area contributed by atoms with E-state index < -0.39 is 0 Å². The highest BCUT2D eigenvalue weighted by molar-refractivity contribution is 5.94. The van der Waals surface area contributed by atoms with Gasteiger partial charge in [0.2, 0.25) is 0 Å². The van der Waals surface area contributed by atoms with Gasteiger partial charge in [0, 0.05) is 18.7 Å². The third kappa shape index (κ3) is 3.74. The molecule has 0 fully saturated rings. The van der Waals surface area contributed by atoms with Gasteiger partial charge < -0.3 is 15.1 Å². The van der Waals surface area contributed by atoms with Crippen molar-refractivity contribution in [3.63, 3.8) is 0 Å². The van der Waals surface area contributed by atoms with E-state index in [4.69, 9.17) is 5.11 Å². The normalized spacial score (nSPS) is 10.4. The monoisotopic (exact) mass is 251 g/mol. The molecule has 0 saturated heterocycles. The van der Waals surface area contributed by atoms with Gasteiger partial charge in [0.05, 0.1) is 6.61 Å². The van der Waals surface area contributed by atoms with Crippen LogP contribution in [-0.2, 0) is 0 Å². The fraction of sp³-hybridized carbons (Fsp3) is 0.500. The lowest BCUT2D eigenvalue weighted by molar-refractivity contribution is 0.0719. The van der Waals surface area contributed by atoms with Gasteiger partial charge in [-0.3, -0.25) is 4.79 Å². The fourth-order valence-corrected chi connectivity index (χ4v) is 1.71. The molecule has 100 valence electrons. The Hall–Kier alpha value is -1.55. The molecule has 0 spiro atoms. The molecule has 0 atom stereocenters. The summed E-state index contributed by atoms with van der Waals surface area (Å²) in [5.41, 5.74) is 1.21. The summed E-state index contributed by atoms with van der Waals surface area (Å²) in [7, 11) is 0. The average molecular weight is 251 g/mol. The third-order valence-electron chi connectivity index (χ3n) is 2.89. The Morgan fingerprint density at radius 1 is 1.33 bits per heavy atom. The molecule has 0 aliphatic heterocycles. The number of aliphatic hydroxyl groups excluding tert-OH is 1. The number of nitrogens with zero attached hydrogens (tertiary/aromatic N) is 1. The summed E-state index contributed by atoms with van der Waals surface area (Å²) in [6.45, 7) is 4.75. The second-order valence-electron chi connectivity index (χ2n) is 4.37. The first-order chi connectivity index (χ1) is 8.60. The van der Waals surface area contributed by atoms with E-state index >= 15 is 0 Å². The van der Waals surface area contributed by atoms with Crippen LogP contribution in [0.3, 0.4) is 0 Å². The first-order valence-electron chi connectivity index (χ1n) is 6.30. The molecule has 0 bridgehead atoms. The number of amides is 1. The molecular formula is C14H21NO3. The zero-order chi connectivity index (χ0) is 13.5. The second kappa shape index (κ2) is 7.01. The second-order valence-corrected chi connectivity index (χ2v) is 4.37. The van der Waals surface area contributed by atoms with Crippen LogP contribution in [0, 0.1) is 6.92 Å². The molecule has 18 heavy (non-hydrogen) atoms. The number of benzene rings is 1. The maximum absolute atomic E-state index is 12.2. The molecule has 2 N–H and O–H groups in total. The van der Waals surface area contributed by atoms with Gasteiger partial charge in [-0.25, -0.2) is 0 Å². The molecule has 0 aliphatic rings. The quantitative estimate of drug-likeness (QED) is 0.812. The van der Waals surface area contributed by atoms with Crippen LogP contribution < -0.4 is 0 Å². The number of phenolic OH excluding ortho intramolecular Hbond substituents is 1. The number of carbonyl (C=O) groups excluding carboxylic acids is 1. The van der Waals surface area contributed by atoms with Crippen LogP contribution >= 0.6 is 0 Å². The maximum atomic E-state index is 12.2. The molecule has 4 nitrogen and oxygen atoms in total. The average Bonchev–Trinajstić information content (AvgIpc) is 2.37. The molecule has 4 heteroatoms. The Labute approximate surface area is 108 Å². The van der Waals surface area contributed by atoms with Crippen molar-refractivity contribution in [3.05, 3.63) is 29.3 Å². The Bertz CT molecular complexity index is 404. The van der Waals surface area contributed by atoms with E-state index in [1.165, 1.54) is 6.07 Å². The molecule has 0 saturated carbocycles. The summed E-state index contributed by atoms with van der Waals surface area (Å²) in [6.07, 6.45) is 1.90. The highest BCUT2D eigenvalue weighted by Crippen LogP contribution is 2.18. The fourth-order valence-electron chi connectivity index (χ4n) is 1.71. The molecule has 1 aromatic rings. The van der Waals surface area contributed by atoms with E-state index in [-0.39, 0.29) is 18.3 Å². The SMILES string of the molecule is CCCCN(CCO)C(=O)c1ccc(C)c(O)c1. The Morgan fingerprint density at radius 3 is 2.61 bits per heavy atom. The van der Waals surface area contributed by atoms with E-state index in [9.17, 15) is 9.90 Å². The summed E-state index contributed by atoms with van der Waals surface area (Å²) < 4.78 is 0. The van der Waals surface area contributed by atoms with E-state index in [1.807, 2.05) is 0 Å². The van der Waals surface area contributed by atoms with Crippen LogP contribution in [0.2, 0.25) is 0 Å². The van der Waals surface area contributed by atoms with E-state index in [2.05, 4.69) is 6.92 Å². The van der Waals surface area contributed by atoms with Gasteiger partial charge in [-0.1, -0.05) is 19.4 Å². The van der Waals surface area contributed by atoms with Crippen LogP contribution in [0.4, 0.5) is 0 Å². The summed E-state index contributed by atoms with van der Waals surface area (Å²) in [4.78, 5) is 13.8. The first-order valence-corrected chi connectivity index (χ1v) is 6.30. The molecule has 0 aromatic heterocycles. The summed E-state index contributed by atoms with van der Waals surface area (Å²) in [6, 6.07) is 4.90. The molecule has 0 unspecified atom stereocenters. The van der Waals surface area contributed by atoms with Crippen molar-refractivity contribution < 1.29 is 15.0 Å². The van der Waals surface area contributed by atoms with Gasteiger partial charge in [0.15, 0.2) is 0 Å². The van der Waals surface area contributed by atoms with Gasteiger partial charge >= 0.3 is 0 Å². The lowest BCUT2D eigenvalue weighted by Gasteiger charge is -2.21. The van der Waals surface area contributed by atoms with Crippen LogP contribution in [0.25, 0.3) is 0 Å². The van der Waals surface area contributed by atoms with Gasteiger partial charge in [-0.15, -0.1) is 0 Å². The molecule has 0 radical (unpaired) electrons.